The molecule has 1 fully saturated rings. The highest BCUT2D eigenvalue weighted by atomic mass is 32.2. The Labute approximate surface area is 122 Å². The number of aliphatic carboxylic acids is 1. The Morgan fingerprint density at radius 2 is 2.19 bits per heavy atom. The molecule has 1 aliphatic rings. The van der Waals surface area contributed by atoms with Crippen LogP contribution in [0.2, 0.25) is 0 Å². The van der Waals surface area contributed by atoms with Crippen LogP contribution in [-0.4, -0.2) is 39.0 Å². The van der Waals surface area contributed by atoms with Gasteiger partial charge >= 0.3 is 5.97 Å². The Kier molecular flexibility index (Phi) is 4.12. The number of nitro benzene ring substituents is 1. The summed E-state index contributed by atoms with van der Waals surface area (Å²) in [6.07, 6.45) is 0.210. The Bertz CT molecular complexity index is 616. The van der Waals surface area contributed by atoms with E-state index in [-0.39, 0.29) is 12.2 Å². The summed E-state index contributed by atoms with van der Waals surface area (Å²) in [6.45, 7) is 0. The van der Waals surface area contributed by atoms with Crippen LogP contribution in [0.1, 0.15) is 16.8 Å². The average Bonchev–Trinajstić information content (AvgIpc) is 2.88. The fraction of sp³-hybridized carbons (Fsp3) is 0.333. The number of carbonyl (C=O) groups is 2. The zero-order valence-corrected chi connectivity index (χ0v) is 11.5. The summed E-state index contributed by atoms with van der Waals surface area (Å²) in [4.78, 5) is 33.5. The predicted molar refractivity (Wildman–Crippen MR) is 72.8 cm³/mol. The summed E-state index contributed by atoms with van der Waals surface area (Å²) in [5.41, 5.74) is -2.53. The fourth-order valence-electron chi connectivity index (χ4n) is 2.02. The number of hydrogen-bond donors (Lipinski definition) is 2. The summed E-state index contributed by atoms with van der Waals surface area (Å²) < 4.78 is 13.2. The van der Waals surface area contributed by atoms with Gasteiger partial charge in [-0.3, -0.25) is 14.9 Å². The van der Waals surface area contributed by atoms with Gasteiger partial charge in [0.15, 0.2) is 0 Å². The third kappa shape index (κ3) is 2.97. The molecule has 0 saturated carbocycles. The Hall–Kier alpha value is -2.16. The van der Waals surface area contributed by atoms with E-state index in [2.05, 4.69) is 5.32 Å². The van der Waals surface area contributed by atoms with E-state index < -0.39 is 39.4 Å². The molecule has 1 amide bonds. The first-order valence-corrected chi connectivity index (χ1v) is 7.09. The lowest BCUT2D eigenvalue weighted by molar-refractivity contribution is -0.385. The van der Waals surface area contributed by atoms with Crippen molar-refractivity contribution in [2.75, 3.05) is 11.5 Å². The van der Waals surface area contributed by atoms with Crippen LogP contribution in [-0.2, 0) is 4.79 Å². The van der Waals surface area contributed by atoms with Crippen molar-refractivity contribution in [1.29, 1.82) is 0 Å². The highest BCUT2D eigenvalue weighted by molar-refractivity contribution is 7.99. The van der Waals surface area contributed by atoms with Gasteiger partial charge in [-0.2, -0.15) is 11.8 Å². The monoisotopic (exact) mass is 314 g/mol. The van der Waals surface area contributed by atoms with Crippen molar-refractivity contribution in [2.45, 2.75) is 12.0 Å². The van der Waals surface area contributed by atoms with Gasteiger partial charge in [0.25, 0.3) is 11.6 Å². The van der Waals surface area contributed by atoms with Gasteiger partial charge in [-0.1, -0.05) is 0 Å². The molecule has 1 aliphatic heterocycles. The standard InChI is InChI=1S/C12H11FN2O5S/c13-7-1-2-9(15(19)20)8(5-7)10(16)14-12(11(17)18)3-4-21-6-12/h1-2,5H,3-4,6H2,(H,14,16)(H,17,18). The van der Waals surface area contributed by atoms with Crippen LogP contribution in [0.5, 0.6) is 0 Å². The molecule has 1 aromatic carbocycles. The van der Waals surface area contributed by atoms with E-state index in [4.69, 9.17) is 0 Å². The van der Waals surface area contributed by atoms with Crippen molar-refractivity contribution in [1.82, 2.24) is 5.32 Å². The van der Waals surface area contributed by atoms with Gasteiger partial charge < -0.3 is 10.4 Å². The Morgan fingerprint density at radius 3 is 2.71 bits per heavy atom. The van der Waals surface area contributed by atoms with Crippen LogP contribution < -0.4 is 5.32 Å². The van der Waals surface area contributed by atoms with Crippen molar-refractivity contribution in [3.63, 3.8) is 0 Å². The molecule has 112 valence electrons. The SMILES string of the molecule is O=C(NC1(C(=O)O)CCSC1)c1cc(F)ccc1[N+](=O)[O-]. The van der Waals surface area contributed by atoms with Crippen molar-refractivity contribution >= 4 is 29.3 Å². The maximum absolute atomic E-state index is 13.2. The first-order valence-electron chi connectivity index (χ1n) is 5.93. The number of hydrogen-bond acceptors (Lipinski definition) is 5. The molecular formula is C12H11FN2O5S. The number of nitrogens with zero attached hydrogens (tertiary/aromatic N) is 1. The maximum atomic E-state index is 13.2. The van der Waals surface area contributed by atoms with E-state index in [0.29, 0.717) is 5.75 Å². The molecule has 1 unspecified atom stereocenters. The highest BCUT2D eigenvalue weighted by Gasteiger charge is 2.44. The summed E-state index contributed by atoms with van der Waals surface area (Å²) in [7, 11) is 0. The number of carboxylic acid groups (broad SMARTS) is 1. The molecule has 0 bridgehead atoms. The number of benzene rings is 1. The molecule has 1 saturated heterocycles. The molecule has 2 rings (SSSR count). The Morgan fingerprint density at radius 1 is 1.48 bits per heavy atom. The smallest absolute Gasteiger partial charge is 0.330 e. The second-order valence-corrected chi connectivity index (χ2v) is 5.67. The minimum Gasteiger partial charge on any atom is -0.479 e. The quantitative estimate of drug-likeness (QED) is 0.642. The van der Waals surface area contributed by atoms with Gasteiger partial charge in [0.05, 0.1) is 4.92 Å². The van der Waals surface area contributed by atoms with Crippen LogP contribution in [0, 0.1) is 15.9 Å². The zero-order chi connectivity index (χ0) is 15.6. The van der Waals surface area contributed by atoms with Crippen LogP contribution in [0.4, 0.5) is 10.1 Å². The maximum Gasteiger partial charge on any atom is 0.330 e. The van der Waals surface area contributed by atoms with Crippen LogP contribution in [0.25, 0.3) is 0 Å². The van der Waals surface area contributed by atoms with Crippen LogP contribution >= 0.6 is 11.8 Å². The lowest BCUT2D eigenvalue weighted by Crippen LogP contribution is -2.54. The second-order valence-electron chi connectivity index (χ2n) is 4.56. The second kappa shape index (κ2) is 5.68. The van der Waals surface area contributed by atoms with Crippen molar-refractivity contribution in [2.24, 2.45) is 0 Å². The molecule has 0 aliphatic carbocycles. The van der Waals surface area contributed by atoms with E-state index in [9.17, 15) is 29.2 Å². The fourth-order valence-corrected chi connectivity index (χ4v) is 3.35. The third-order valence-electron chi connectivity index (χ3n) is 3.18. The molecular weight excluding hydrogens is 303 g/mol. The van der Waals surface area contributed by atoms with E-state index >= 15 is 0 Å². The van der Waals surface area contributed by atoms with Gasteiger partial charge in [0.2, 0.25) is 0 Å². The number of rotatable bonds is 4. The molecule has 1 heterocycles. The van der Waals surface area contributed by atoms with Gasteiger partial charge in [-0.15, -0.1) is 0 Å². The number of carbonyl (C=O) groups excluding carboxylic acids is 1. The van der Waals surface area contributed by atoms with Gasteiger partial charge in [0, 0.05) is 11.8 Å². The van der Waals surface area contributed by atoms with E-state index in [1.54, 1.807) is 0 Å². The minimum atomic E-state index is -1.47. The molecule has 1 atom stereocenters. The van der Waals surface area contributed by atoms with Gasteiger partial charge in [0.1, 0.15) is 16.9 Å². The number of halogens is 1. The van der Waals surface area contributed by atoms with Crippen molar-refractivity contribution in [3.8, 4) is 0 Å². The van der Waals surface area contributed by atoms with Gasteiger partial charge in [-0.05, 0) is 24.3 Å². The number of nitro groups is 1. The molecule has 0 aromatic heterocycles. The largest absolute Gasteiger partial charge is 0.479 e. The molecule has 9 heteroatoms. The van der Waals surface area contributed by atoms with E-state index in [1.165, 1.54) is 11.8 Å². The third-order valence-corrected chi connectivity index (χ3v) is 4.37. The first kappa shape index (κ1) is 15.2. The van der Waals surface area contributed by atoms with Crippen LogP contribution in [0.3, 0.4) is 0 Å². The minimum absolute atomic E-state index is 0.164. The molecule has 7 nitrogen and oxygen atoms in total. The lowest BCUT2D eigenvalue weighted by atomic mass is 9.98. The zero-order valence-electron chi connectivity index (χ0n) is 10.7. The predicted octanol–water partition coefficient (Wildman–Crippen LogP) is 1.42. The molecule has 1 aromatic rings. The van der Waals surface area contributed by atoms with Gasteiger partial charge in [-0.25, -0.2) is 9.18 Å². The highest BCUT2D eigenvalue weighted by Crippen LogP contribution is 2.29. The average molecular weight is 314 g/mol. The summed E-state index contributed by atoms with van der Waals surface area (Å²) in [5, 5.41) is 22.4. The molecule has 21 heavy (non-hydrogen) atoms. The molecule has 0 spiro atoms. The summed E-state index contributed by atoms with van der Waals surface area (Å²) in [6, 6.07) is 2.47. The number of thioether (sulfide) groups is 1. The summed E-state index contributed by atoms with van der Waals surface area (Å²) in [5.74, 6) is -2.27. The van der Waals surface area contributed by atoms with Crippen molar-refractivity contribution < 1.29 is 24.0 Å². The van der Waals surface area contributed by atoms with E-state index in [0.717, 1.165) is 18.2 Å². The van der Waals surface area contributed by atoms with E-state index in [1.807, 2.05) is 0 Å². The lowest BCUT2D eigenvalue weighted by Gasteiger charge is -2.24. The number of amides is 1. The Balaban J connectivity index is 2.34. The molecule has 2 N–H and O–H groups in total. The normalized spacial score (nSPS) is 21.0. The first-order chi connectivity index (χ1) is 9.85. The topological polar surface area (TPSA) is 110 Å². The number of nitrogens with one attached hydrogen (secondary N) is 1. The van der Waals surface area contributed by atoms with Crippen LogP contribution in [0.15, 0.2) is 18.2 Å². The van der Waals surface area contributed by atoms with Crippen molar-refractivity contribution in [3.05, 3.63) is 39.7 Å². The number of carboxylic acids is 1. The summed E-state index contributed by atoms with van der Waals surface area (Å²) >= 11 is 1.36. The molecule has 0 radical (unpaired) electrons.